The molecule has 1 heterocycles. The molecule has 1 atom stereocenters. The van der Waals surface area contributed by atoms with Crippen LogP contribution in [-0.2, 0) is 0 Å². The maximum absolute atomic E-state index is 3.63. The van der Waals surface area contributed by atoms with Crippen molar-refractivity contribution in [1.29, 1.82) is 0 Å². The van der Waals surface area contributed by atoms with Crippen LogP contribution in [0.2, 0.25) is 0 Å². The van der Waals surface area contributed by atoms with Gasteiger partial charge in [0.25, 0.3) is 0 Å². The molecule has 1 aliphatic heterocycles. The molecule has 0 radical (unpaired) electrons. The first kappa shape index (κ1) is 12.0. The highest BCUT2D eigenvalue weighted by Crippen LogP contribution is 2.14. The van der Waals surface area contributed by atoms with Crippen LogP contribution in [0.5, 0.6) is 0 Å². The Morgan fingerprint density at radius 3 is 2.64 bits per heavy atom. The SMILES string of the molecule is CCCCCN1CC(C)NC(C)(C)C1. The topological polar surface area (TPSA) is 15.3 Å². The molecule has 0 bridgehead atoms. The third-order valence-corrected chi connectivity index (χ3v) is 2.87. The monoisotopic (exact) mass is 198 g/mol. The van der Waals surface area contributed by atoms with Crippen LogP contribution in [0.3, 0.4) is 0 Å². The second-order valence-corrected chi connectivity index (χ2v) is 5.37. The minimum atomic E-state index is 0.296. The molecule has 0 saturated carbocycles. The third-order valence-electron chi connectivity index (χ3n) is 2.87. The molecule has 1 rings (SSSR count). The van der Waals surface area contributed by atoms with E-state index < -0.39 is 0 Å². The summed E-state index contributed by atoms with van der Waals surface area (Å²) < 4.78 is 0. The molecule has 84 valence electrons. The summed E-state index contributed by atoms with van der Waals surface area (Å²) in [5.41, 5.74) is 0.296. The van der Waals surface area contributed by atoms with Crippen molar-refractivity contribution in [2.24, 2.45) is 0 Å². The molecule has 14 heavy (non-hydrogen) atoms. The summed E-state index contributed by atoms with van der Waals surface area (Å²) in [4.78, 5) is 2.61. The van der Waals surface area contributed by atoms with E-state index in [0.717, 1.165) is 0 Å². The van der Waals surface area contributed by atoms with Crippen molar-refractivity contribution < 1.29 is 0 Å². The van der Waals surface area contributed by atoms with Crippen molar-refractivity contribution in [2.45, 2.75) is 58.5 Å². The Hall–Kier alpha value is -0.0800. The molecule has 2 heteroatoms. The first-order valence-electron chi connectivity index (χ1n) is 6.03. The van der Waals surface area contributed by atoms with E-state index in [0.29, 0.717) is 11.6 Å². The second-order valence-electron chi connectivity index (χ2n) is 5.37. The van der Waals surface area contributed by atoms with Crippen molar-refractivity contribution in [3.8, 4) is 0 Å². The van der Waals surface area contributed by atoms with Crippen LogP contribution in [0.1, 0.15) is 47.0 Å². The molecule has 1 fully saturated rings. The fraction of sp³-hybridized carbons (Fsp3) is 1.00. The molecule has 0 amide bonds. The summed E-state index contributed by atoms with van der Waals surface area (Å²) in [6.45, 7) is 12.8. The third kappa shape index (κ3) is 3.97. The highest BCUT2D eigenvalue weighted by molar-refractivity contribution is 4.90. The first-order valence-corrected chi connectivity index (χ1v) is 6.03. The quantitative estimate of drug-likeness (QED) is 0.697. The van der Waals surface area contributed by atoms with E-state index in [1.165, 1.54) is 38.9 Å². The molecule has 0 aliphatic carbocycles. The van der Waals surface area contributed by atoms with E-state index in [9.17, 15) is 0 Å². The zero-order chi connectivity index (χ0) is 10.6. The van der Waals surface area contributed by atoms with Gasteiger partial charge in [-0.25, -0.2) is 0 Å². The van der Waals surface area contributed by atoms with Crippen LogP contribution >= 0.6 is 0 Å². The Labute approximate surface area is 89.1 Å². The Kier molecular flexibility index (Phi) is 4.39. The fourth-order valence-electron chi connectivity index (χ4n) is 2.52. The highest BCUT2D eigenvalue weighted by Gasteiger charge is 2.28. The minimum absolute atomic E-state index is 0.296. The van der Waals surface area contributed by atoms with E-state index in [2.05, 4.69) is 37.9 Å². The van der Waals surface area contributed by atoms with Crippen LogP contribution in [0.4, 0.5) is 0 Å². The minimum Gasteiger partial charge on any atom is -0.307 e. The Morgan fingerprint density at radius 1 is 1.36 bits per heavy atom. The lowest BCUT2D eigenvalue weighted by Gasteiger charge is -2.42. The van der Waals surface area contributed by atoms with Crippen molar-refractivity contribution >= 4 is 0 Å². The van der Waals surface area contributed by atoms with Gasteiger partial charge in [-0.2, -0.15) is 0 Å². The predicted molar refractivity (Wildman–Crippen MR) is 62.6 cm³/mol. The van der Waals surface area contributed by atoms with E-state index in [1.807, 2.05) is 0 Å². The van der Waals surface area contributed by atoms with Gasteiger partial charge in [-0.3, -0.25) is 4.90 Å². The summed E-state index contributed by atoms with van der Waals surface area (Å²) in [7, 11) is 0. The molecule has 1 unspecified atom stereocenters. The standard InChI is InChI=1S/C12H26N2/c1-5-6-7-8-14-9-11(2)13-12(3,4)10-14/h11,13H,5-10H2,1-4H3. The number of hydrogen-bond donors (Lipinski definition) is 1. The van der Waals surface area contributed by atoms with Gasteiger partial charge >= 0.3 is 0 Å². The summed E-state index contributed by atoms with van der Waals surface area (Å²) in [5.74, 6) is 0. The molecule has 1 saturated heterocycles. The van der Waals surface area contributed by atoms with E-state index in [-0.39, 0.29) is 0 Å². The number of piperazine rings is 1. The van der Waals surface area contributed by atoms with Crippen LogP contribution < -0.4 is 5.32 Å². The van der Waals surface area contributed by atoms with Crippen LogP contribution in [-0.4, -0.2) is 36.1 Å². The molecule has 0 aromatic rings. The average molecular weight is 198 g/mol. The van der Waals surface area contributed by atoms with Gasteiger partial charge in [0.1, 0.15) is 0 Å². The summed E-state index contributed by atoms with van der Waals surface area (Å²) >= 11 is 0. The van der Waals surface area contributed by atoms with Gasteiger partial charge in [-0.1, -0.05) is 19.8 Å². The number of nitrogens with one attached hydrogen (secondary N) is 1. The second kappa shape index (κ2) is 5.13. The van der Waals surface area contributed by atoms with Crippen LogP contribution in [0, 0.1) is 0 Å². The van der Waals surface area contributed by atoms with Gasteiger partial charge < -0.3 is 5.32 Å². The normalized spacial score (nSPS) is 27.9. The zero-order valence-corrected chi connectivity index (χ0v) is 10.3. The van der Waals surface area contributed by atoms with Gasteiger partial charge in [0, 0.05) is 24.7 Å². The smallest absolute Gasteiger partial charge is 0.0255 e. The first-order chi connectivity index (χ1) is 6.53. The molecule has 1 N–H and O–H groups in total. The zero-order valence-electron chi connectivity index (χ0n) is 10.3. The Balaban J connectivity index is 2.30. The molecule has 2 nitrogen and oxygen atoms in total. The van der Waals surface area contributed by atoms with Crippen molar-refractivity contribution in [3.05, 3.63) is 0 Å². The lowest BCUT2D eigenvalue weighted by Crippen LogP contribution is -2.61. The lowest BCUT2D eigenvalue weighted by molar-refractivity contribution is 0.122. The Morgan fingerprint density at radius 2 is 2.07 bits per heavy atom. The molecule has 1 aliphatic rings. The van der Waals surface area contributed by atoms with E-state index >= 15 is 0 Å². The van der Waals surface area contributed by atoms with Crippen molar-refractivity contribution in [1.82, 2.24) is 10.2 Å². The maximum atomic E-state index is 3.63. The Bertz CT molecular complexity index is 166. The molecular formula is C12H26N2. The van der Waals surface area contributed by atoms with E-state index in [4.69, 9.17) is 0 Å². The van der Waals surface area contributed by atoms with Crippen molar-refractivity contribution in [2.75, 3.05) is 19.6 Å². The predicted octanol–water partition coefficient (Wildman–Crippen LogP) is 2.25. The maximum Gasteiger partial charge on any atom is 0.0255 e. The summed E-state index contributed by atoms with van der Waals surface area (Å²) in [6.07, 6.45) is 4.06. The highest BCUT2D eigenvalue weighted by atomic mass is 15.2. The van der Waals surface area contributed by atoms with Crippen LogP contribution in [0.15, 0.2) is 0 Å². The molecular weight excluding hydrogens is 172 g/mol. The number of nitrogens with zero attached hydrogens (tertiary/aromatic N) is 1. The fourth-order valence-corrected chi connectivity index (χ4v) is 2.52. The van der Waals surface area contributed by atoms with E-state index in [1.54, 1.807) is 0 Å². The molecule has 0 aromatic carbocycles. The number of rotatable bonds is 4. The van der Waals surface area contributed by atoms with Gasteiger partial charge in [-0.05, 0) is 33.7 Å². The largest absolute Gasteiger partial charge is 0.307 e. The number of hydrogen-bond acceptors (Lipinski definition) is 2. The molecule has 0 aromatic heterocycles. The number of unbranched alkanes of at least 4 members (excludes halogenated alkanes) is 2. The van der Waals surface area contributed by atoms with Gasteiger partial charge in [0.05, 0.1) is 0 Å². The summed E-state index contributed by atoms with van der Waals surface area (Å²) in [5, 5.41) is 3.63. The average Bonchev–Trinajstić information content (AvgIpc) is 2.00. The molecule has 0 spiro atoms. The summed E-state index contributed by atoms with van der Waals surface area (Å²) in [6, 6.07) is 0.639. The van der Waals surface area contributed by atoms with Gasteiger partial charge in [0.2, 0.25) is 0 Å². The van der Waals surface area contributed by atoms with Gasteiger partial charge in [0.15, 0.2) is 0 Å². The van der Waals surface area contributed by atoms with Gasteiger partial charge in [-0.15, -0.1) is 0 Å². The van der Waals surface area contributed by atoms with Crippen LogP contribution in [0.25, 0.3) is 0 Å². The van der Waals surface area contributed by atoms with Crippen molar-refractivity contribution in [3.63, 3.8) is 0 Å². The lowest BCUT2D eigenvalue weighted by atomic mass is 9.99.